The molecule has 0 radical (unpaired) electrons. The zero-order valence-electron chi connectivity index (χ0n) is 14.3. The van der Waals surface area contributed by atoms with Crippen LogP contribution < -0.4 is 10.9 Å². The lowest BCUT2D eigenvalue weighted by molar-refractivity contribution is 0.0898. The Morgan fingerprint density at radius 3 is 2.67 bits per heavy atom. The van der Waals surface area contributed by atoms with Gasteiger partial charge in [0.05, 0.1) is 23.6 Å². The number of aliphatic hydroxyl groups excluding tert-OH is 1. The van der Waals surface area contributed by atoms with Crippen molar-refractivity contribution in [3.8, 4) is 0 Å². The van der Waals surface area contributed by atoms with Crippen molar-refractivity contribution in [1.29, 1.82) is 0 Å². The fraction of sp³-hybridized carbons (Fsp3) is 0.471. The van der Waals surface area contributed by atoms with Gasteiger partial charge < -0.3 is 15.4 Å². The van der Waals surface area contributed by atoms with Crippen LogP contribution in [0.25, 0.3) is 10.9 Å². The molecule has 130 valence electrons. The number of hydrogen-bond donors (Lipinski definition) is 3. The summed E-state index contributed by atoms with van der Waals surface area (Å²) in [7, 11) is 1.60. The van der Waals surface area contributed by atoms with Crippen molar-refractivity contribution in [3.63, 3.8) is 0 Å². The molecule has 0 saturated carbocycles. The van der Waals surface area contributed by atoms with Crippen molar-refractivity contribution in [1.82, 2.24) is 14.9 Å². The number of aromatic amines is 1. The van der Waals surface area contributed by atoms with Crippen LogP contribution in [-0.4, -0.2) is 33.2 Å². The fourth-order valence-electron chi connectivity index (χ4n) is 2.62. The molecule has 7 heteroatoms. The van der Waals surface area contributed by atoms with Gasteiger partial charge in [0, 0.05) is 12.6 Å². The molecule has 0 aliphatic heterocycles. The molecule has 0 bridgehead atoms. The molecule has 0 aliphatic rings. The van der Waals surface area contributed by atoms with Gasteiger partial charge in [-0.15, -0.1) is 0 Å². The molecule has 2 aromatic rings. The van der Waals surface area contributed by atoms with Gasteiger partial charge >= 0.3 is 0 Å². The van der Waals surface area contributed by atoms with E-state index in [-0.39, 0.29) is 29.5 Å². The van der Waals surface area contributed by atoms with E-state index in [9.17, 15) is 14.7 Å². The lowest BCUT2D eigenvalue weighted by Crippen LogP contribution is -2.40. The maximum Gasteiger partial charge on any atom is 0.261 e. The first-order chi connectivity index (χ1) is 11.1. The highest BCUT2D eigenvalue weighted by Gasteiger charge is 2.20. The van der Waals surface area contributed by atoms with E-state index in [1.807, 2.05) is 20.8 Å². The van der Waals surface area contributed by atoms with Gasteiger partial charge in [-0.25, -0.2) is 0 Å². The largest absolute Gasteiger partial charge is 0.394 e. The third kappa shape index (κ3) is 4.10. The number of benzene rings is 1. The Labute approximate surface area is 145 Å². The zero-order chi connectivity index (χ0) is 18.1. The maximum atomic E-state index is 12.4. The number of fused-ring (bicyclic) bond motifs is 1. The highest BCUT2D eigenvalue weighted by Crippen LogP contribution is 2.21. The van der Waals surface area contributed by atoms with E-state index in [1.54, 1.807) is 25.2 Å². The Balaban J connectivity index is 2.32. The van der Waals surface area contributed by atoms with Crippen LogP contribution in [0.5, 0.6) is 0 Å². The van der Waals surface area contributed by atoms with Crippen LogP contribution in [0.2, 0.25) is 0 Å². The van der Waals surface area contributed by atoms with Crippen LogP contribution in [0.1, 0.15) is 37.6 Å². The lowest BCUT2D eigenvalue weighted by atomic mass is 9.88. The first-order valence-corrected chi connectivity index (χ1v) is 8.18. The summed E-state index contributed by atoms with van der Waals surface area (Å²) in [5.74, 6) is -0.291. The number of aliphatic hydroxyl groups is 1. The molecule has 0 aliphatic carbocycles. The van der Waals surface area contributed by atoms with Gasteiger partial charge in [0.15, 0.2) is 4.77 Å². The Morgan fingerprint density at radius 2 is 2.08 bits per heavy atom. The van der Waals surface area contributed by atoms with E-state index in [2.05, 4.69) is 10.3 Å². The van der Waals surface area contributed by atoms with Crippen molar-refractivity contribution in [2.45, 2.75) is 33.2 Å². The van der Waals surface area contributed by atoms with Crippen molar-refractivity contribution < 1.29 is 9.90 Å². The van der Waals surface area contributed by atoms with Crippen molar-refractivity contribution in [3.05, 3.63) is 38.9 Å². The standard InChI is InChI=1S/C17H23N3O3S/c1-17(2,3)8-11(9-21)18-14(22)10-5-6-12-13(7-10)19-16(24)20(4)15(12)23/h5-7,11,21H,8-9H2,1-4H3,(H,18,22)(H,19,24)/t11-/m0/s1. The summed E-state index contributed by atoms with van der Waals surface area (Å²) in [6.45, 7) is 6.02. The monoisotopic (exact) mass is 349 g/mol. The van der Waals surface area contributed by atoms with Crippen LogP contribution in [-0.2, 0) is 7.05 Å². The van der Waals surface area contributed by atoms with Gasteiger partial charge in [0.25, 0.3) is 11.5 Å². The summed E-state index contributed by atoms with van der Waals surface area (Å²) in [5.41, 5.74) is 0.712. The smallest absolute Gasteiger partial charge is 0.261 e. The normalized spacial score (nSPS) is 13.0. The van der Waals surface area contributed by atoms with E-state index in [1.165, 1.54) is 4.57 Å². The van der Waals surface area contributed by atoms with Gasteiger partial charge in [0.1, 0.15) is 0 Å². The molecule has 0 spiro atoms. The van der Waals surface area contributed by atoms with E-state index >= 15 is 0 Å². The topological polar surface area (TPSA) is 87.1 Å². The van der Waals surface area contributed by atoms with Gasteiger partial charge in [-0.2, -0.15) is 0 Å². The molecule has 2 rings (SSSR count). The molecule has 1 heterocycles. The highest BCUT2D eigenvalue weighted by molar-refractivity contribution is 7.71. The highest BCUT2D eigenvalue weighted by atomic mass is 32.1. The number of rotatable bonds is 4. The number of carbonyl (C=O) groups is 1. The van der Waals surface area contributed by atoms with Gasteiger partial charge in [-0.3, -0.25) is 14.2 Å². The number of nitrogens with zero attached hydrogens (tertiary/aromatic N) is 1. The summed E-state index contributed by atoms with van der Waals surface area (Å²) in [6.07, 6.45) is 0.659. The lowest BCUT2D eigenvalue weighted by Gasteiger charge is -2.25. The first kappa shape index (κ1) is 18.4. The van der Waals surface area contributed by atoms with Crippen molar-refractivity contribution in [2.24, 2.45) is 12.5 Å². The molecular formula is C17H23N3O3S. The summed E-state index contributed by atoms with van der Waals surface area (Å²) in [6, 6.07) is 4.49. The van der Waals surface area contributed by atoms with E-state index in [0.717, 1.165) is 0 Å². The van der Waals surface area contributed by atoms with Crippen molar-refractivity contribution in [2.75, 3.05) is 6.61 Å². The summed E-state index contributed by atoms with van der Waals surface area (Å²) < 4.78 is 1.65. The van der Waals surface area contributed by atoms with Gasteiger partial charge in [0.2, 0.25) is 0 Å². The number of amides is 1. The predicted molar refractivity (Wildman–Crippen MR) is 96.8 cm³/mol. The third-order valence-corrected chi connectivity index (χ3v) is 4.15. The van der Waals surface area contributed by atoms with E-state index in [0.29, 0.717) is 27.7 Å². The molecule has 0 saturated heterocycles. The minimum absolute atomic E-state index is 0.0126. The average molecular weight is 349 g/mol. The Bertz CT molecular complexity index is 877. The Morgan fingerprint density at radius 1 is 1.42 bits per heavy atom. The number of carbonyl (C=O) groups excluding carboxylic acids is 1. The van der Waals surface area contributed by atoms with Crippen LogP contribution in [0.15, 0.2) is 23.0 Å². The number of aromatic nitrogens is 2. The van der Waals surface area contributed by atoms with Crippen molar-refractivity contribution >= 4 is 29.0 Å². The molecule has 0 fully saturated rings. The Kier molecular flexibility index (Phi) is 5.25. The van der Waals surface area contributed by atoms with E-state index < -0.39 is 0 Å². The van der Waals surface area contributed by atoms with E-state index in [4.69, 9.17) is 12.2 Å². The predicted octanol–water partition coefficient (Wildman–Crippen LogP) is 2.12. The quantitative estimate of drug-likeness (QED) is 0.738. The van der Waals surface area contributed by atoms with Gasteiger partial charge in [-0.05, 0) is 42.3 Å². The molecule has 3 N–H and O–H groups in total. The molecular weight excluding hydrogens is 326 g/mol. The summed E-state index contributed by atoms with van der Waals surface area (Å²) in [5, 5.41) is 12.8. The minimum atomic E-state index is -0.324. The summed E-state index contributed by atoms with van der Waals surface area (Å²) >= 11 is 5.10. The molecule has 1 aromatic heterocycles. The van der Waals surface area contributed by atoms with Gasteiger partial charge in [-0.1, -0.05) is 20.8 Å². The Hall–Kier alpha value is -1.99. The second-order valence-electron chi connectivity index (χ2n) is 7.17. The molecule has 1 atom stereocenters. The number of H-pyrrole nitrogens is 1. The molecule has 24 heavy (non-hydrogen) atoms. The molecule has 0 unspecified atom stereocenters. The van der Waals surface area contributed by atoms with Crippen LogP contribution in [0.3, 0.4) is 0 Å². The second-order valence-corrected chi connectivity index (χ2v) is 7.56. The fourth-order valence-corrected chi connectivity index (χ4v) is 2.81. The van der Waals surface area contributed by atoms with Crippen LogP contribution >= 0.6 is 12.2 Å². The first-order valence-electron chi connectivity index (χ1n) is 7.77. The minimum Gasteiger partial charge on any atom is -0.394 e. The van der Waals surface area contributed by atoms with Crippen LogP contribution in [0, 0.1) is 10.2 Å². The summed E-state index contributed by atoms with van der Waals surface area (Å²) in [4.78, 5) is 27.5. The number of nitrogens with one attached hydrogen (secondary N) is 2. The van der Waals surface area contributed by atoms with Crippen LogP contribution in [0.4, 0.5) is 0 Å². The average Bonchev–Trinajstić information content (AvgIpc) is 2.50. The second kappa shape index (κ2) is 6.86. The third-order valence-electron chi connectivity index (χ3n) is 3.78. The SMILES string of the molecule is Cn1c(=S)[nH]c2cc(C(=O)N[C@H](CO)CC(C)(C)C)ccc2c1=O. The molecule has 1 amide bonds. The zero-order valence-corrected chi connectivity index (χ0v) is 15.2. The number of hydrogen-bond acceptors (Lipinski definition) is 4. The maximum absolute atomic E-state index is 12.4. The molecule has 6 nitrogen and oxygen atoms in total. The molecule has 1 aromatic carbocycles.